The zero-order valence-corrected chi connectivity index (χ0v) is 18.8. The summed E-state index contributed by atoms with van der Waals surface area (Å²) in [4.78, 5) is 29.9. The molecule has 4 heterocycles. The van der Waals surface area contributed by atoms with E-state index in [1.165, 1.54) is 5.56 Å². The summed E-state index contributed by atoms with van der Waals surface area (Å²) in [7, 11) is 0. The van der Waals surface area contributed by atoms with Gasteiger partial charge in [0.05, 0.1) is 24.8 Å². The first-order chi connectivity index (χ1) is 15.0. The predicted molar refractivity (Wildman–Crippen MR) is 119 cm³/mol. The van der Waals surface area contributed by atoms with Gasteiger partial charge in [-0.3, -0.25) is 9.59 Å². The minimum atomic E-state index is -0.134. The smallest absolute Gasteiger partial charge is 0.274 e. The van der Waals surface area contributed by atoms with Crippen molar-refractivity contribution in [1.82, 2.24) is 19.4 Å². The number of fused-ring (bicyclic) bond motifs is 2. The molecule has 160 valence electrons. The Balaban J connectivity index is 1.41. The first kappa shape index (κ1) is 20.2. The van der Waals surface area contributed by atoms with Gasteiger partial charge in [0.2, 0.25) is 0 Å². The number of benzene rings is 1. The van der Waals surface area contributed by atoms with Gasteiger partial charge >= 0.3 is 0 Å². The molecule has 2 aliphatic heterocycles. The molecule has 7 nitrogen and oxygen atoms in total. The van der Waals surface area contributed by atoms with Crippen molar-refractivity contribution in [2.45, 2.75) is 19.4 Å². The molecule has 31 heavy (non-hydrogen) atoms. The Hall–Kier alpha value is -2.71. The Morgan fingerprint density at radius 2 is 1.87 bits per heavy atom. The first-order valence-corrected chi connectivity index (χ1v) is 11.3. The zero-order chi connectivity index (χ0) is 21.5. The van der Waals surface area contributed by atoms with Crippen LogP contribution in [0.1, 0.15) is 44.9 Å². The van der Waals surface area contributed by atoms with E-state index in [0.29, 0.717) is 44.1 Å². The van der Waals surface area contributed by atoms with Gasteiger partial charge in [-0.2, -0.15) is 5.10 Å². The number of amides is 2. The SMILES string of the molecule is CC1c2cc(C(=O)N3CCOCC3)ccc2CCN1C(=O)c1cc2ccc(Br)cn2n1. The van der Waals surface area contributed by atoms with E-state index in [9.17, 15) is 9.59 Å². The fraction of sp³-hybridized carbons (Fsp3) is 0.348. The van der Waals surface area contributed by atoms with Gasteiger partial charge in [-0.15, -0.1) is 0 Å². The van der Waals surface area contributed by atoms with Crippen molar-refractivity contribution >= 4 is 33.3 Å². The van der Waals surface area contributed by atoms with E-state index in [-0.39, 0.29) is 17.9 Å². The molecule has 0 N–H and O–H groups in total. The van der Waals surface area contributed by atoms with Crippen LogP contribution in [0.4, 0.5) is 0 Å². The lowest BCUT2D eigenvalue weighted by Gasteiger charge is -2.35. The Morgan fingerprint density at radius 3 is 2.68 bits per heavy atom. The summed E-state index contributed by atoms with van der Waals surface area (Å²) in [5.74, 6) is -0.0736. The largest absolute Gasteiger partial charge is 0.378 e. The van der Waals surface area contributed by atoms with Crippen LogP contribution >= 0.6 is 15.9 Å². The summed E-state index contributed by atoms with van der Waals surface area (Å²) < 4.78 is 7.97. The molecule has 2 aliphatic rings. The molecule has 1 saturated heterocycles. The molecule has 0 spiro atoms. The molecule has 0 saturated carbocycles. The summed E-state index contributed by atoms with van der Waals surface area (Å²) in [5.41, 5.74) is 4.18. The number of hydrogen-bond donors (Lipinski definition) is 0. The van der Waals surface area contributed by atoms with Crippen molar-refractivity contribution in [3.05, 3.63) is 69.5 Å². The highest BCUT2D eigenvalue weighted by Gasteiger charge is 2.31. The molecular formula is C23H23BrN4O3. The first-order valence-electron chi connectivity index (χ1n) is 10.5. The third-order valence-corrected chi connectivity index (χ3v) is 6.60. The van der Waals surface area contributed by atoms with Gasteiger partial charge in [-0.25, -0.2) is 4.52 Å². The van der Waals surface area contributed by atoms with Crippen LogP contribution in [0.3, 0.4) is 0 Å². The van der Waals surface area contributed by atoms with E-state index in [1.807, 2.05) is 59.3 Å². The quantitative estimate of drug-likeness (QED) is 0.561. The van der Waals surface area contributed by atoms with Crippen LogP contribution < -0.4 is 0 Å². The minimum absolute atomic E-state index is 0.0210. The van der Waals surface area contributed by atoms with Crippen LogP contribution in [0.25, 0.3) is 5.52 Å². The van der Waals surface area contributed by atoms with Gasteiger partial charge in [-0.1, -0.05) is 6.07 Å². The third-order valence-electron chi connectivity index (χ3n) is 6.13. The second kappa shape index (κ2) is 8.09. The molecule has 0 radical (unpaired) electrons. The van der Waals surface area contributed by atoms with Crippen LogP contribution in [-0.4, -0.2) is 64.1 Å². The molecule has 1 unspecified atom stereocenters. The molecular weight excluding hydrogens is 460 g/mol. The molecule has 1 fully saturated rings. The number of halogens is 1. The Labute approximate surface area is 188 Å². The van der Waals surface area contributed by atoms with Crippen molar-refractivity contribution in [2.24, 2.45) is 0 Å². The highest BCUT2D eigenvalue weighted by atomic mass is 79.9. The topological polar surface area (TPSA) is 67.2 Å². The standard InChI is InChI=1S/C23H23BrN4O3/c1-15-20-12-17(22(29)26-8-10-31-11-9-26)3-2-16(20)6-7-27(15)23(30)21-13-19-5-4-18(24)14-28(19)25-21/h2-5,12-15H,6-11H2,1H3. The number of carbonyl (C=O) groups excluding carboxylic acids is 2. The number of carbonyl (C=O) groups is 2. The summed E-state index contributed by atoms with van der Waals surface area (Å²) in [6.07, 6.45) is 2.60. The summed E-state index contributed by atoms with van der Waals surface area (Å²) in [6, 6.07) is 11.4. The van der Waals surface area contributed by atoms with Crippen LogP contribution in [0.2, 0.25) is 0 Å². The van der Waals surface area contributed by atoms with Gasteiger partial charge in [0.25, 0.3) is 11.8 Å². The second-order valence-electron chi connectivity index (χ2n) is 7.99. The number of pyridine rings is 1. The molecule has 2 aromatic heterocycles. The number of rotatable bonds is 2. The molecule has 2 amide bonds. The molecule has 8 heteroatoms. The third kappa shape index (κ3) is 3.74. The maximum atomic E-state index is 13.3. The van der Waals surface area contributed by atoms with Crippen molar-refractivity contribution in [1.29, 1.82) is 0 Å². The maximum Gasteiger partial charge on any atom is 0.274 e. The predicted octanol–water partition coefficient (Wildman–Crippen LogP) is 3.33. The van der Waals surface area contributed by atoms with Crippen molar-refractivity contribution in [3.63, 3.8) is 0 Å². The van der Waals surface area contributed by atoms with Crippen molar-refractivity contribution in [3.8, 4) is 0 Å². The average Bonchev–Trinajstić information content (AvgIpc) is 3.22. The lowest BCUT2D eigenvalue weighted by atomic mass is 9.91. The zero-order valence-electron chi connectivity index (χ0n) is 17.3. The number of nitrogens with zero attached hydrogens (tertiary/aromatic N) is 4. The highest BCUT2D eigenvalue weighted by molar-refractivity contribution is 9.10. The van der Waals surface area contributed by atoms with Crippen molar-refractivity contribution in [2.75, 3.05) is 32.8 Å². The van der Waals surface area contributed by atoms with Gasteiger partial charge in [-0.05, 0) is 70.7 Å². The van der Waals surface area contributed by atoms with E-state index >= 15 is 0 Å². The van der Waals surface area contributed by atoms with E-state index in [2.05, 4.69) is 21.0 Å². The van der Waals surface area contributed by atoms with Crippen molar-refractivity contribution < 1.29 is 14.3 Å². The van der Waals surface area contributed by atoms with E-state index in [1.54, 1.807) is 4.52 Å². The fourth-order valence-electron chi connectivity index (χ4n) is 4.39. The Morgan fingerprint density at radius 1 is 1.06 bits per heavy atom. The average molecular weight is 483 g/mol. The van der Waals surface area contributed by atoms with Crippen LogP contribution in [0.5, 0.6) is 0 Å². The second-order valence-corrected chi connectivity index (χ2v) is 8.90. The van der Waals surface area contributed by atoms with Crippen LogP contribution in [0, 0.1) is 0 Å². The summed E-state index contributed by atoms with van der Waals surface area (Å²) in [5, 5.41) is 4.47. The molecule has 1 atom stereocenters. The van der Waals surface area contributed by atoms with Crippen LogP contribution in [0.15, 0.2) is 47.1 Å². The number of morpholine rings is 1. The van der Waals surface area contributed by atoms with Gasteiger partial charge in [0.1, 0.15) is 0 Å². The highest BCUT2D eigenvalue weighted by Crippen LogP contribution is 2.32. The van der Waals surface area contributed by atoms with E-state index in [4.69, 9.17) is 4.74 Å². The summed E-state index contributed by atoms with van der Waals surface area (Å²) >= 11 is 3.44. The Bertz CT molecular complexity index is 1170. The maximum absolute atomic E-state index is 13.3. The molecule has 1 aromatic carbocycles. The fourth-order valence-corrected chi connectivity index (χ4v) is 4.71. The van der Waals surface area contributed by atoms with E-state index < -0.39 is 0 Å². The number of aromatic nitrogens is 2. The molecule has 3 aromatic rings. The number of ether oxygens (including phenoxy) is 1. The lowest BCUT2D eigenvalue weighted by molar-refractivity contribution is 0.0302. The lowest BCUT2D eigenvalue weighted by Crippen LogP contribution is -2.41. The number of hydrogen-bond acceptors (Lipinski definition) is 4. The monoisotopic (exact) mass is 482 g/mol. The van der Waals surface area contributed by atoms with E-state index in [0.717, 1.165) is 22.0 Å². The van der Waals surface area contributed by atoms with Gasteiger partial charge < -0.3 is 14.5 Å². The molecule has 0 aliphatic carbocycles. The van der Waals surface area contributed by atoms with Gasteiger partial charge in [0, 0.05) is 35.9 Å². The van der Waals surface area contributed by atoms with Crippen LogP contribution in [-0.2, 0) is 11.2 Å². The summed E-state index contributed by atoms with van der Waals surface area (Å²) in [6.45, 7) is 5.02. The molecule has 5 rings (SSSR count). The Kier molecular flexibility index (Phi) is 5.27. The minimum Gasteiger partial charge on any atom is -0.378 e. The molecule has 0 bridgehead atoms. The normalized spacial score (nSPS) is 18.8. The van der Waals surface area contributed by atoms with Gasteiger partial charge in [0.15, 0.2) is 5.69 Å².